The highest BCUT2D eigenvalue weighted by molar-refractivity contribution is 9.10. The normalized spacial score (nSPS) is 20.7. The van der Waals surface area contributed by atoms with Crippen LogP contribution in [0.5, 0.6) is 0 Å². The van der Waals surface area contributed by atoms with Crippen molar-refractivity contribution >= 4 is 21.6 Å². The quantitative estimate of drug-likeness (QED) is 0.658. The molecule has 2 aliphatic rings. The summed E-state index contributed by atoms with van der Waals surface area (Å²) in [4.78, 5) is 0. The number of nitrogens with zero attached hydrogens (tertiary/aromatic N) is 1. The second-order valence-corrected chi connectivity index (χ2v) is 7.69. The highest BCUT2D eigenvalue weighted by atomic mass is 79.9. The highest BCUT2D eigenvalue weighted by Crippen LogP contribution is 2.34. The zero-order valence-corrected chi connectivity index (χ0v) is 15.1. The molecule has 2 heteroatoms. The van der Waals surface area contributed by atoms with E-state index >= 15 is 0 Å². The van der Waals surface area contributed by atoms with Crippen molar-refractivity contribution in [3.63, 3.8) is 0 Å². The van der Waals surface area contributed by atoms with Crippen molar-refractivity contribution in [2.75, 3.05) is 13.1 Å². The van der Waals surface area contributed by atoms with Crippen molar-refractivity contribution in [3.8, 4) is 0 Å². The average Bonchev–Trinajstić information content (AvgIpc) is 3.10. The Bertz CT molecular complexity index is 725. The minimum atomic E-state index is 0.548. The fourth-order valence-electron chi connectivity index (χ4n) is 4.21. The Kier molecular flexibility index (Phi) is 4.35. The van der Waals surface area contributed by atoms with Gasteiger partial charge in [0.1, 0.15) is 13.1 Å². The number of benzene rings is 2. The van der Waals surface area contributed by atoms with Gasteiger partial charge in [-0.3, -0.25) is 0 Å². The van der Waals surface area contributed by atoms with Crippen LogP contribution < -0.4 is 0 Å². The van der Waals surface area contributed by atoms with E-state index in [4.69, 9.17) is 0 Å². The molecule has 1 nitrogen and oxygen atoms in total. The lowest BCUT2D eigenvalue weighted by molar-refractivity contribution is -0.509. The Morgan fingerprint density at radius 3 is 2.52 bits per heavy atom. The summed E-state index contributed by atoms with van der Waals surface area (Å²) in [5, 5.41) is 0. The molecule has 4 rings (SSSR count). The van der Waals surface area contributed by atoms with E-state index in [2.05, 4.69) is 69.0 Å². The molecule has 1 heterocycles. The zero-order chi connectivity index (χ0) is 15.6. The lowest BCUT2D eigenvalue weighted by Crippen LogP contribution is -2.31. The minimum absolute atomic E-state index is 0.548. The van der Waals surface area contributed by atoms with Gasteiger partial charge in [0.15, 0.2) is 5.71 Å². The summed E-state index contributed by atoms with van der Waals surface area (Å²) >= 11 is 3.64. The molecule has 1 saturated heterocycles. The van der Waals surface area contributed by atoms with Gasteiger partial charge in [0.05, 0.1) is 5.92 Å². The molecular weight excluding hydrogens is 346 g/mol. The first-order valence-corrected chi connectivity index (χ1v) is 9.53. The van der Waals surface area contributed by atoms with E-state index in [1.54, 1.807) is 11.3 Å². The predicted molar refractivity (Wildman–Crippen MR) is 99.6 cm³/mol. The zero-order valence-electron chi connectivity index (χ0n) is 13.5. The van der Waals surface area contributed by atoms with Gasteiger partial charge in [0.25, 0.3) is 0 Å². The molecule has 1 atom stereocenters. The SMILES string of the molecule is Brc1ccc2c(c1)CCC(=[N+]1CCCC1)[C@H]2Cc1ccccc1. The Morgan fingerprint density at radius 1 is 0.957 bits per heavy atom. The summed E-state index contributed by atoms with van der Waals surface area (Å²) in [5.41, 5.74) is 6.21. The number of rotatable bonds is 2. The van der Waals surface area contributed by atoms with Crippen LogP contribution in [0.15, 0.2) is 53.0 Å². The average molecular weight is 369 g/mol. The molecule has 0 spiro atoms. The van der Waals surface area contributed by atoms with Gasteiger partial charge in [-0.05, 0) is 41.7 Å². The van der Waals surface area contributed by atoms with Crippen LogP contribution in [0.4, 0.5) is 0 Å². The molecule has 2 aromatic carbocycles. The molecule has 0 unspecified atom stereocenters. The Labute approximate surface area is 147 Å². The van der Waals surface area contributed by atoms with Crippen LogP contribution in [-0.2, 0) is 12.8 Å². The van der Waals surface area contributed by atoms with Crippen LogP contribution in [0.3, 0.4) is 0 Å². The molecule has 0 saturated carbocycles. The number of hydrogen-bond donors (Lipinski definition) is 0. The van der Waals surface area contributed by atoms with E-state index in [9.17, 15) is 0 Å². The van der Waals surface area contributed by atoms with Gasteiger partial charge < -0.3 is 0 Å². The highest BCUT2D eigenvalue weighted by Gasteiger charge is 2.33. The number of hydrogen-bond acceptors (Lipinski definition) is 0. The maximum absolute atomic E-state index is 3.64. The third kappa shape index (κ3) is 3.14. The molecule has 118 valence electrons. The molecule has 1 fully saturated rings. The lowest BCUT2D eigenvalue weighted by atomic mass is 9.78. The molecule has 23 heavy (non-hydrogen) atoms. The second kappa shape index (κ2) is 6.60. The van der Waals surface area contributed by atoms with Crippen LogP contribution in [0.1, 0.15) is 41.9 Å². The predicted octanol–water partition coefficient (Wildman–Crippen LogP) is 4.97. The molecule has 1 aliphatic carbocycles. The minimum Gasteiger partial charge on any atom is -0.236 e. The first kappa shape index (κ1) is 15.1. The Balaban J connectivity index is 1.76. The van der Waals surface area contributed by atoms with Crippen molar-refractivity contribution in [2.24, 2.45) is 0 Å². The lowest BCUT2D eigenvalue weighted by Gasteiger charge is -2.26. The summed E-state index contributed by atoms with van der Waals surface area (Å²) in [6.45, 7) is 2.51. The summed E-state index contributed by atoms with van der Waals surface area (Å²) in [5.74, 6) is 0.548. The molecule has 0 amide bonds. The second-order valence-electron chi connectivity index (χ2n) is 6.77. The largest absolute Gasteiger partial charge is 0.236 e. The number of aryl methyl sites for hydroxylation is 1. The van der Waals surface area contributed by atoms with Gasteiger partial charge >= 0.3 is 0 Å². The van der Waals surface area contributed by atoms with Crippen molar-refractivity contribution in [2.45, 2.75) is 38.0 Å². The summed E-state index contributed by atoms with van der Waals surface area (Å²) in [6, 6.07) is 17.9. The fourth-order valence-corrected chi connectivity index (χ4v) is 4.62. The summed E-state index contributed by atoms with van der Waals surface area (Å²) in [6.07, 6.45) is 6.25. The summed E-state index contributed by atoms with van der Waals surface area (Å²) in [7, 11) is 0. The maximum atomic E-state index is 3.64. The molecule has 0 radical (unpaired) electrons. The summed E-state index contributed by atoms with van der Waals surface area (Å²) < 4.78 is 3.89. The van der Waals surface area contributed by atoms with Gasteiger partial charge in [0, 0.05) is 23.7 Å². The number of halogens is 1. The maximum Gasteiger partial charge on any atom is 0.160 e. The molecule has 0 N–H and O–H groups in total. The van der Waals surface area contributed by atoms with Crippen molar-refractivity contribution in [1.29, 1.82) is 0 Å². The molecular formula is C21H23BrN+. The third-order valence-corrected chi connectivity index (χ3v) is 5.82. The topological polar surface area (TPSA) is 3.01 Å². The van der Waals surface area contributed by atoms with Crippen LogP contribution in [0, 0.1) is 0 Å². The molecule has 0 aromatic heterocycles. The van der Waals surface area contributed by atoms with Crippen molar-refractivity contribution in [1.82, 2.24) is 0 Å². The fraction of sp³-hybridized carbons (Fsp3) is 0.381. The molecule has 2 aromatic rings. The third-order valence-electron chi connectivity index (χ3n) is 5.33. The van der Waals surface area contributed by atoms with Crippen LogP contribution in [-0.4, -0.2) is 23.4 Å². The van der Waals surface area contributed by atoms with Crippen LogP contribution in [0.25, 0.3) is 0 Å². The van der Waals surface area contributed by atoms with Gasteiger partial charge in [-0.2, -0.15) is 0 Å². The van der Waals surface area contributed by atoms with Crippen LogP contribution >= 0.6 is 15.9 Å². The van der Waals surface area contributed by atoms with Crippen molar-refractivity contribution < 1.29 is 4.58 Å². The van der Waals surface area contributed by atoms with E-state index < -0.39 is 0 Å². The van der Waals surface area contributed by atoms with E-state index in [-0.39, 0.29) is 0 Å². The van der Waals surface area contributed by atoms with Gasteiger partial charge in [0.2, 0.25) is 0 Å². The standard InChI is InChI=1S/C21H23BrN/c22-18-9-10-19-17(15-18)8-11-21(23-12-4-5-13-23)20(19)14-16-6-2-1-3-7-16/h1-3,6-7,9-10,15,20H,4-5,8,11-14H2/q+1/t20-/m0/s1. The Hall–Kier alpha value is -1.41. The van der Waals surface area contributed by atoms with Gasteiger partial charge in [-0.1, -0.05) is 52.3 Å². The van der Waals surface area contributed by atoms with Gasteiger partial charge in [-0.25, -0.2) is 4.58 Å². The van der Waals surface area contributed by atoms with E-state index in [0.29, 0.717) is 5.92 Å². The number of fused-ring (bicyclic) bond motifs is 1. The van der Waals surface area contributed by atoms with E-state index in [1.807, 2.05) is 0 Å². The Morgan fingerprint density at radius 2 is 1.74 bits per heavy atom. The smallest absolute Gasteiger partial charge is 0.160 e. The first-order valence-electron chi connectivity index (χ1n) is 8.74. The van der Waals surface area contributed by atoms with Gasteiger partial charge in [-0.15, -0.1) is 0 Å². The molecule has 1 aliphatic heterocycles. The van der Waals surface area contributed by atoms with Crippen molar-refractivity contribution in [3.05, 3.63) is 69.7 Å². The monoisotopic (exact) mass is 368 g/mol. The molecule has 0 bridgehead atoms. The van der Waals surface area contributed by atoms with E-state index in [1.165, 1.54) is 54.4 Å². The van der Waals surface area contributed by atoms with E-state index in [0.717, 1.165) is 6.42 Å². The van der Waals surface area contributed by atoms with Crippen LogP contribution in [0.2, 0.25) is 0 Å². The first-order chi connectivity index (χ1) is 11.3.